The van der Waals surface area contributed by atoms with E-state index >= 15 is 0 Å². The first-order valence-electron chi connectivity index (χ1n) is 22.4. The van der Waals surface area contributed by atoms with E-state index in [1.165, 1.54) is 133 Å². The van der Waals surface area contributed by atoms with Crippen LogP contribution >= 0.6 is 17.0 Å². The number of hydrogen-bond acceptors (Lipinski definition) is 0. The normalized spacial score (nSPS) is 29.4. The van der Waals surface area contributed by atoms with Gasteiger partial charge in [-0.05, 0) is 0 Å². The van der Waals surface area contributed by atoms with Gasteiger partial charge in [0.2, 0.25) is 0 Å². The maximum absolute atomic E-state index is 9.19. The van der Waals surface area contributed by atoms with Gasteiger partial charge in [0, 0.05) is 0 Å². The molecule has 10 rings (SSSR count). The first-order chi connectivity index (χ1) is 27.0. The fraction of sp³-hybridized carbons (Fsp3) is 0.462. The van der Waals surface area contributed by atoms with Crippen molar-refractivity contribution in [1.82, 2.24) is 0 Å². The van der Waals surface area contributed by atoms with E-state index in [1.54, 1.807) is 11.1 Å². The summed E-state index contributed by atoms with van der Waals surface area (Å²) in [5, 5.41) is 0. The fourth-order valence-corrected chi connectivity index (χ4v) is 45.0. The Bertz CT molecular complexity index is 2070. The van der Waals surface area contributed by atoms with E-state index in [0.29, 0.717) is 10.8 Å². The Labute approximate surface area is 346 Å². The number of halogens is 2. The minimum absolute atomic E-state index is 0.148. The molecule has 4 heteroatoms. The number of fused-ring (bicyclic) bond motifs is 6. The van der Waals surface area contributed by atoms with E-state index in [9.17, 15) is 17.0 Å². The van der Waals surface area contributed by atoms with Gasteiger partial charge in [-0.1, -0.05) is 0 Å². The van der Waals surface area contributed by atoms with Gasteiger partial charge < -0.3 is 0 Å². The molecule has 0 aromatic heterocycles. The first-order valence-corrected chi connectivity index (χ1v) is 38.8. The van der Waals surface area contributed by atoms with Gasteiger partial charge in [-0.15, -0.1) is 0 Å². The van der Waals surface area contributed by atoms with Crippen LogP contribution < -0.4 is 0 Å². The second kappa shape index (κ2) is 14.1. The molecule has 0 aliphatic heterocycles. The van der Waals surface area contributed by atoms with E-state index in [0.717, 1.165) is 24.7 Å². The maximum atomic E-state index is 9.19. The molecule has 0 saturated heterocycles. The predicted molar refractivity (Wildman–Crippen MR) is 242 cm³/mol. The van der Waals surface area contributed by atoms with Crippen LogP contribution in [0, 0.1) is 22.7 Å². The molecular weight excluding hydrogens is 815 g/mol. The van der Waals surface area contributed by atoms with Crippen molar-refractivity contribution in [3.05, 3.63) is 129 Å². The zero-order valence-electron chi connectivity index (χ0n) is 34.3. The van der Waals surface area contributed by atoms with Crippen LogP contribution in [0.3, 0.4) is 0 Å². The minimum atomic E-state index is -5.02. The number of hydrogen-bond donors (Lipinski definition) is 0. The van der Waals surface area contributed by atoms with Gasteiger partial charge >= 0.3 is 349 Å². The Morgan fingerprint density at radius 1 is 0.571 bits per heavy atom. The molecule has 4 bridgehead atoms. The third-order valence-corrected chi connectivity index (χ3v) is 68.6. The summed E-state index contributed by atoms with van der Waals surface area (Å²) >= 11 is -5.02. The van der Waals surface area contributed by atoms with Crippen LogP contribution in [0.2, 0.25) is 13.1 Å². The van der Waals surface area contributed by atoms with Crippen molar-refractivity contribution in [3.63, 3.8) is 0 Å². The molecule has 291 valence electrons. The molecule has 0 amide bonds. The summed E-state index contributed by atoms with van der Waals surface area (Å²) in [6, 6.07) is 33.1. The van der Waals surface area contributed by atoms with E-state index in [1.807, 2.05) is 0 Å². The zero-order valence-corrected chi connectivity index (χ0v) is 39.4. The van der Waals surface area contributed by atoms with Crippen molar-refractivity contribution in [3.8, 4) is 22.3 Å². The predicted octanol–water partition coefficient (Wildman–Crippen LogP) is 15.6. The Balaban J connectivity index is 1.17. The molecule has 56 heavy (non-hydrogen) atoms. The fourth-order valence-electron chi connectivity index (χ4n) is 13.7. The van der Waals surface area contributed by atoms with Crippen LogP contribution in [0.4, 0.5) is 0 Å². The second-order valence-electron chi connectivity index (χ2n) is 20.1. The van der Waals surface area contributed by atoms with E-state index < -0.39 is 21.5 Å². The summed E-state index contributed by atoms with van der Waals surface area (Å²) in [6.07, 6.45) is 23.7. The molecular formula is C52H61Cl2SiZr. The van der Waals surface area contributed by atoms with Gasteiger partial charge in [-0.25, -0.2) is 0 Å². The quantitative estimate of drug-likeness (QED) is 0.132. The summed E-state index contributed by atoms with van der Waals surface area (Å²) in [7, 11) is 18.4. The number of allylic oxidation sites excluding steroid dienone is 2. The summed E-state index contributed by atoms with van der Waals surface area (Å²) in [6.45, 7) is 9.63. The Morgan fingerprint density at radius 2 is 0.964 bits per heavy atom. The van der Waals surface area contributed by atoms with Crippen molar-refractivity contribution < 1.29 is 15.6 Å². The molecule has 2 unspecified atom stereocenters. The van der Waals surface area contributed by atoms with Crippen LogP contribution in [0.1, 0.15) is 132 Å². The van der Waals surface area contributed by atoms with Gasteiger partial charge in [-0.2, -0.15) is 0 Å². The molecule has 0 radical (unpaired) electrons. The average molecular weight is 876 g/mol. The average Bonchev–Trinajstić information content (AvgIpc) is 4.08. The third-order valence-electron chi connectivity index (χ3n) is 16.8. The number of aryl methyl sites for hydroxylation is 2. The molecule has 0 spiro atoms. The van der Waals surface area contributed by atoms with Crippen LogP contribution in [0.5, 0.6) is 0 Å². The molecule has 0 nitrogen and oxygen atoms in total. The standard InChI is InChI=1S/2C25H27.C2H7Si.2ClH.Zr/c2*1-2-18-6-8-21(9-7-18)23-5-3-4-22-14-20(15-24(22)23)17-25-12-10-19(16-25)11-13-25;1-3-2;;;/h2*3-9,14-15,19H,2,10-13,16-17H2,1H3;3H,1-2H3;2*1H;/q;;;;;+2/p-2. The van der Waals surface area contributed by atoms with Gasteiger partial charge in [0.1, 0.15) is 0 Å². The molecule has 4 aromatic carbocycles. The second-order valence-corrected chi connectivity index (χ2v) is 62.6. The van der Waals surface area contributed by atoms with Crippen LogP contribution in [-0.4, -0.2) is 5.92 Å². The Hall–Kier alpha value is -1.96. The Kier molecular flexibility index (Phi) is 9.61. The topological polar surface area (TPSA) is 0 Å². The van der Waals surface area contributed by atoms with Gasteiger partial charge in [0.05, 0.1) is 0 Å². The van der Waals surface area contributed by atoms with Crippen LogP contribution in [-0.2, 0) is 28.4 Å². The molecule has 4 aromatic rings. The van der Waals surface area contributed by atoms with Crippen molar-refractivity contribution in [1.29, 1.82) is 0 Å². The molecule has 6 aliphatic carbocycles. The van der Waals surface area contributed by atoms with Gasteiger partial charge in [-0.3, -0.25) is 0 Å². The van der Waals surface area contributed by atoms with E-state index in [4.69, 9.17) is 0 Å². The molecule has 4 fully saturated rings. The molecule has 6 aliphatic rings. The van der Waals surface area contributed by atoms with E-state index in [2.05, 4.69) is 124 Å². The molecule has 4 saturated carbocycles. The number of rotatable bonds is 11. The molecule has 2 atom stereocenters. The van der Waals surface area contributed by atoms with Crippen LogP contribution in [0.15, 0.2) is 96.1 Å². The third kappa shape index (κ3) is 6.02. The van der Waals surface area contributed by atoms with Crippen molar-refractivity contribution >= 4 is 35.1 Å². The molecule has 0 N–H and O–H groups in total. The summed E-state index contributed by atoms with van der Waals surface area (Å²) in [5.41, 5.74) is 17.9. The monoisotopic (exact) mass is 873 g/mol. The van der Waals surface area contributed by atoms with Crippen molar-refractivity contribution in [2.24, 2.45) is 22.7 Å². The SMILES string of the molecule is CCc1ccc(-c2cccc3c2C=C(CC24CCC(CC2)C4)[CH]3[Zr]([Cl])([Cl])([CH]2C(CC34CCC(CC3)C4)=Cc3c(-c4ccc(CC)cc4)cccc32)[SiH](C)C)cc1. The Morgan fingerprint density at radius 3 is 1.29 bits per heavy atom. The summed E-state index contributed by atoms with van der Waals surface area (Å²) in [4.78, 5) is 0. The summed E-state index contributed by atoms with van der Waals surface area (Å²) < 4.78 is 0.296. The van der Waals surface area contributed by atoms with Gasteiger partial charge in [0.25, 0.3) is 0 Å². The van der Waals surface area contributed by atoms with Gasteiger partial charge in [0.15, 0.2) is 0 Å². The summed E-state index contributed by atoms with van der Waals surface area (Å²) in [5.74, 6) is 0.140. The first kappa shape index (κ1) is 38.3. The zero-order chi connectivity index (χ0) is 38.5. The van der Waals surface area contributed by atoms with Crippen LogP contribution in [0.25, 0.3) is 34.4 Å². The number of benzene rings is 4. The van der Waals surface area contributed by atoms with Crippen molar-refractivity contribution in [2.45, 2.75) is 124 Å². The van der Waals surface area contributed by atoms with E-state index in [-0.39, 0.29) is 7.25 Å². The molecule has 0 heterocycles. The van der Waals surface area contributed by atoms with Crippen molar-refractivity contribution in [2.75, 3.05) is 0 Å².